The van der Waals surface area contributed by atoms with E-state index >= 15 is 0 Å². The third kappa shape index (κ3) is 64.0. The Morgan fingerprint density at radius 1 is 0.266 bits per heavy atom. The van der Waals surface area contributed by atoms with E-state index in [1.54, 1.807) is 0 Å². The molecule has 446 valence electrons. The van der Waals surface area contributed by atoms with Crippen LogP contribution in [0, 0.1) is 0 Å². The number of carbonyl (C=O) groups is 3. The summed E-state index contributed by atoms with van der Waals surface area (Å²) in [5, 5.41) is 0. The van der Waals surface area contributed by atoms with Crippen molar-refractivity contribution in [1.29, 1.82) is 0 Å². The molecule has 0 aromatic heterocycles. The maximum atomic E-state index is 12.9. The van der Waals surface area contributed by atoms with Crippen LogP contribution in [0.2, 0.25) is 0 Å². The lowest BCUT2D eigenvalue weighted by Crippen LogP contribution is -2.30. The van der Waals surface area contributed by atoms with E-state index in [0.717, 1.165) is 148 Å². The number of allylic oxidation sites excluding steroid dienone is 24. The smallest absolute Gasteiger partial charge is 0.306 e. The van der Waals surface area contributed by atoms with Crippen LogP contribution in [0.4, 0.5) is 0 Å². The van der Waals surface area contributed by atoms with E-state index in [2.05, 4.69) is 167 Å². The average Bonchev–Trinajstić information content (AvgIpc) is 3.45. The first kappa shape index (κ1) is 74.3. The largest absolute Gasteiger partial charge is 0.462 e. The van der Waals surface area contributed by atoms with Gasteiger partial charge in [-0.15, -0.1) is 0 Å². The van der Waals surface area contributed by atoms with Crippen molar-refractivity contribution >= 4 is 17.9 Å². The van der Waals surface area contributed by atoms with Crippen LogP contribution in [0.5, 0.6) is 0 Å². The first-order valence-corrected chi connectivity index (χ1v) is 32.3. The van der Waals surface area contributed by atoms with Crippen LogP contribution in [0.25, 0.3) is 0 Å². The summed E-state index contributed by atoms with van der Waals surface area (Å²) in [4.78, 5) is 38.3. The molecule has 0 radical (unpaired) electrons. The Labute approximate surface area is 487 Å². The SMILES string of the molecule is CC/C=C\C/C=C\C/C=C\C/C=C\C/C=C\C/C=C\C/C=C\C/C=C\CCCCCCC(=O)OCC(COC(=O)CCCCC/C=C\C/C=C\C/C=C\CC)OC(=O)CCCCCCCCCCC/C=C\CCCCCCCC. The van der Waals surface area contributed by atoms with Crippen LogP contribution in [-0.2, 0) is 28.6 Å². The number of unbranched alkanes of at least 4 members (excludes halogenated alkanes) is 22. The van der Waals surface area contributed by atoms with Gasteiger partial charge in [0.2, 0.25) is 0 Å². The van der Waals surface area contributed by atoms with Crippen LogP contribution >= 0.6 is 0 Å². The molecule has 0 saturated heterocycles. The quantitative estimate of drug-likeness (QED) is 0.0261. The zero-order chi connectivity index (χ0) is 57.1. The minimum atomic E-state index is -0.809. The summed E-state index contributed by atoms with van der Waals surface area (Å²) in [7, 11) is 0. The molecule has 6 nitrogen and oxygen atoms in total. The minimum Gasteiger partial charge on any atom is -0.462 e. The van der Waals surface area contributed by atoms with Crippen molar-refractivity contribution in [3.63, 3.8) is 0 Å². The summed E-state index contributed by atoms with van der Waals surface area (Å²) in [6, 6.07) is 0. The van der Waals surface area contributed by atoms with Crippen molar-refractivity contribution in [2.24, 2.45) is 0 Å². The summed E-state index contributed by atoms with van der Waals surface area (Å²) < 4.78 is 16.9. The molecule has 79 heavy (non-hydrogen) atoms. The first-order valence-electron chi connectivity index (χ1n) is 32.3. The standard InChI is InChI=1S/C73H118O6/c1-4-7-10-13-16-19-22-25-27-29-31-32-33-34-35-36-37-38-39-40-42-43-45-48-51-54-57-60-63-66-72(75)78-69-70(68-77-71(74)65-62-59-56-53-50-47-24-21-18-15-12-9-6-3)79-73(76)67-64-61-58-55-52-49-46-44-41-30-28-26-23-20-17-14-11-8-5-2/h7,9-10,12,16,18-19,21,25-28,31-32,34-35,37-38,40,42,45,47-48,50,70H,4-6,8,11,13-15,17,20,22-24,29-30,33,36,39,41,43-44,46,49,51-69H2,1-3H3/b10-7-,12-9-,19-16-,21-18-,27-25-,28-26-,32-31-,35-34-,38-37-,42-40-,48-45-,50-47-. The van der Waals surface area contributed by atoms with Crippen molar-refractivity contribution < 1.29 is 28.6 Å². The molecule has 0 bridgehead atoms. The topological polar surface area (TPSA) is 78.9 Å². The molecule has 1 atom stereocenters. The van der Waals surface area contributed by atoms with E-state index in [1.165, 1.54) is 89.9 Å². The highest BCUT2D eigenvalue weighted by Crippen LogP contribution is 2.15. The van der Waals surface area contributed by atoms with Gasteiger partial charge in [-0.1, -0.05) is 263 Å². The molecule has 0 rings (SSSR count). The number of hydrogen-bond donors (Lipinski definition) is 0. The molecular weight excluding hydrogens is 973 g/mol. The first-order chi connectivity index (χ1) is 39.0. The van der Waals surface area contributed by atoms with Gasteiger partial charge in [-0.25, -0.2) is 0 Å². The lowest BCUT2D eigenvalue weighted by atomic mass is 10.1. The van der Waals surface area contributed by atoms with Crippen molar-refractivity contribution in [3.8, 4) is 0 Å². The monoisotopic (exact) mass is 1090 g/mol. The van der Waals surface area contributed by atoms with Gasteiger partial charge >= 0.3 is 17.9 Å². The predicted octanol–water partition coefficient (Wildman–Crippen LogP) is 22.3. The summed E-state index contributed by atoms with van der Waals surface area (Å²) in [5.74, 6) is -0.960. The van der Waals surface area contributed by atoms with Gasteiger partial charge in [0.15, 0.2) is 6.10 Å². The third-order valence-corrected chi connectivity index (χ3v) is 13.3. The molecule has 0 aromatic rings. The van der Waals surface area contributed by atoms with E-state index in [-0.39, 0.29) is 31.1 Å². The van der Waals surface area contributed by atoms with Crippen molar-refractivity contribution in [2.45, 2.75) is 284 Å². The summed E-state index contributed by atoms with van der Waals surface area (Å²) in [6.45, 7) is 6.36. The van der Waals surface area contributed by atoms with Crippen LogP contribution in [0.1, 0.15) is 278 Å². The van der Waals surface area contributed by atoms with Crippen LogP contribution in [-0.4, -0.2) is 37.2 Å². The Balaban J connectivity index is 4.41. The fraction of sp³-hybridized carbons (Fsp3) is 0.630. The summed E-state index contributed by atoms with van der Waals surface area (Å²) in [5.41, 5.74) is 0. The second-order valence-corrected chi connectivity index (χ2v) is 20.9. The van der Waals surface area contributed by atoms with Crippen LogP contribution in [0.3, 0.4) is 0 Å². The number of ether oxygens (including phenoxy) is 3. The molecule has 0 heterocycles. The zero-order valence-corrected chi connectivity index (χ0v) is 51.1. The highest BCUT2D eigenvalue weighted by atomic mass is 16.6. The Bertz CT molecular complexity index is 1730. The predicted molar refractivity (Wildman–Crippen MR) is 343 cm³/mol. The van der Waals surface area contributed by atoms with Gasteiger partial charge in [0.1, 0.15) is 13.2 Å². The van der Waals surface area contributed by atoms with Crippen molar-refractivity contribution in [1.82, 2.24) is 0 Å². The van der Waals surface area contributed by atoms with Crippen molar-refractivity contribution in [2.75, 3.05) is 13.2 Å². The molecule has 1 unspecified atom stereocenters. The number of carbonyl (C=O) groups excluding carboxylic acids is 3. The third-order valence-electron chi connectivity index (χ3n) is 13.3. The van der Waals surface area contributed by atoms with Crippen LogP contribution < -0.4 is 0 Å². The van der Waals surface area contributed by atoms with Gasteiger partial charge in [-0.05, 0) is 141 Å². The average molecular weight is 1090 g/mol. The van der Waals surface area contributed by atoms with Crippen molar-refractivity contribution in [3.05, 3.63) is 146 Å². The highest BCUT2D eigenvalue weighted by molar-refractivity contribution is 5.71. The van der Waals surface area contributed by atoms with Crippen LogP contribution in [0.15, 0.2) is 146 Å². The molecule has 0 aliphatic rings. The van der Waals surface area contributed by atoms with Gasteiger partial charge in [0, 0.05) is 19.3 Å². The summed E-state index contributed by atoms with van der Waals surface area (Å²) in [6.07, 6.45) is 94.3. The zero-order valence-electron chi connectivity index (χ0n) is 51.1. The van der Waals surface area contributed by atoms with Gasteiger partial charge in [-0.3, -0.25) is 14.4 Å². The van der Waals surface area contributed by atoms with Gasteiger partial charge < -0.3 is 14.2 Å². The maximum Gasteiger partial charge on any atom is 0.306 e. The fourth-order valence-electron chi connectivity index (χ4n) is 8.53. The maximum absolute atomic E-state index is 12.9. The molecule has 0 saturated carbocycles. The Kier molecular flexibility index (Phi) is 61.9. The second-order valence-electron chi connectivity index (χ2n) is 20.9. The molecule has 0 aliphatic heterocycles. The second kappa shape index (κ2) is 65.8. The van der Waals surface area contributed by atoms with E-state index in [1.807, 2.05) is 0 Å². The van der Waals surface area contributed by atoms with Gasteiger partial charge in [-0.2, -0.15) is 0 Å². The van der Waals surface area contributed by atoms with Gasteiger partial charge in [0.25, 0.3) is 0 Å². The van der Waals surface area contributed by atoms with E-state index in [0.29, 0.717) is 19.3 Å². The normalized spacial score (nSPS) is 13.1. The lowest BCUT2D eigenvalue weighted by Gasteiger charge is -2.18. The molecule has 0 fully saturated rings. The highest BCUT2D eigenvalue weighted by Gasteiger charge is 2.19. The molecule has 0 aliphatic carbocycles. The Morgan fingerprint density at radius 2 is 0.494 bits per heavy atom. The van der Waals surface area contributed by atoms with E-state index < -0.39 is 6.10 Å². The molecule has 0 spiro atoms. The van der Waals surface area contributed by atoms with Gasteiger partial charge in [0.05, 0.1) is 0 Å². The number of esters is 3. The molecular formula is C73H118O6. The minimum absolute atomic E-state index is 0.106. The van der Waals surface area contributed by atoms with E-state index in [4.69, 9.17) is 14.2 Å². The Hall–Kier alpha value is -4.71. The van der Waals surface area contributed by atoms with E-state index in [9.17, 15) is 14.4 Å². The summed E-state index contributed by atoms with van der Waals surface area (Å²) >= 11 is 0. The molecule has 0 aromatic carbocycles. The molecule has 0 amide bonds. The lowest BCUT2D eigenvalue weighted by molar-refractivity contribution is -0.167. The molecule has 6 heteroatoms. The number of rotatable bonds is 57. The fourth-order valence-corrected chi connectivity index (χ4v) is 8.53. The Morgan fingerprint density at radius 3 is 0.797 bits per heavy atom. The molecule has 0 N–H and O–H groups in total. The number of hydrogen-bond acceptors (Lipinski definition) is 6.